The smallest absolute Gasteiger partial charge is 0.254 e. The highest BCUT2D eigenvalue weighted by molar-refractivity contribution is 5.99. The highest BCUT2D eigenvalue weighted by Gasteiger charge is 2.23. The number of carbonyl (C=O) groups is 2. The second-order valence-corrected chi connectivity index (χ2v) is 6.11. The minimum absolute atomic E-state index is 0.106. The fraction of sp³-hybridized carbons (Fsp3) is 0.211. The fourth-order valence-corrected chi connectivity index (χ4v) is 3.23. The van der Waals surface area contributed by atoms with E-state index in [-0.39, 0.29) is 18.4 Å². The first-order valence-corrected chi connectivity index (χ1v) is 8.24. The Balaban J connectivity index is 1.72. The molecule has 25 heavy (non-hydrogen) atoms. The highest BCUT2D eigenvalue weighted by Crippen LogP contribution is 2.23. The molecule has 0 saturated carbocycles. The number of imidazole rings is 1. The van der Waals surface area contributed by atoms with Crippen LogP contribution in [-0.2, 0) is 4.79 Å². The summed E-state index contributed by atoms with van der Waals surface area (Å²) >= 11 is 0. The molecular weight excluding hydrogens is 316 g/mol. The third-order valence-corrected chi connectivity index (χ3v) is 4.41. The number of para-hydroxylation sites is 1. The predicted octanol–water partition coefficient (Wildman–Crippen LogP) is 1.91. The first kappa shape index (κ1) is 15.4. The Morgan fingerprint density at radius 1 is 1.16 bits per heavy atom. The molecule has 4 rings (SSSR count). The number of aryl methyl sites for hydroxylation is 1. The van der Waals surface area contributed by atoms with E-state index >= 15 is 0 Å². The summed E-state index contributed by atoms with van der Waals surface area (Å²) < 4.78 is 2.07. The van der Waals surface area contributed by atoms with E-state index in [1.165, 1.54) is 0 Å². The van der Waals surface area contributed by atoms with Gasteiger partial charge in [0.25, 0.3) is 5.91 Å². The van der Waals surface area contributed by atoms with Crippen LogP contribution in [0.3, 0.4) is 0 Å². The van der Waals surface area contributed by atoms with Gasteiger partial charge in [-0.05, 0) is 37.3 Å². The molecule has 0 unspecified atom stereocenters. The number of aromatic nitrogens is 2. The Hall–Kier alpha value is -3.15. The standard InChI is InChI=1S/C19H18N4O2/c1-13-21-16-11-14(19(25)22-10-9-20-18(24)12-22)7-8-17(16)23(13)15-5-3-2-4-6-15/h2-8,11H,9-10,12H2,1H3,(H,20,24). The topological polar surface area (TPSA) is 67.2 Å². The average molecular weight is 334 g/mol. The summed E-state index contributed by atoms with van der Waals surface area (Å²) in [7, 11) is 0. The number of nitrogens with one attached hydrogen (secondary N) is 1. The Bertz CT molecular complexity index is 962. The van der Waals surface area contributed by atoms with E-state index in [2.05, 4.69) is 14.9 Å². The summed E-state index contributed by atoms with van der Waals surface area (Å²) in [5.41, 5.74) is 3.32. The van der Waals surface area contributed by atoms with E-state index in [1.807, 2.05) is 43.3 Å². The van der Waals surface area contributed by atoms with Gasteiger partial charge < -0.3 is 10.2 Å². The van der Waals surface area contributed by atoms with Gasteiger partial charge in [0.1, 0.15) is 5.82 Å². The molecule has 0 atom stereocenters. The van der Waals surface area contributed by atoms with Crippen LogP contribution in [0, 0.1) is 6.92 Å². The van der Waals surface area contributed by atoms with Gasteiger partial charge in [-0.3, -0.25) is 14.2 Å². The molecule has 1 aromatic heterocycles. The van der Waals surface area contributed by atoms with Crippen molar-refractivity contribution in [3.05, 3.63) is 59.9 Å². The van der Waals surface area contributed by atoms with E-state index in [1.54, 1.807) is 17.0 Å². The third kappa shape index (κ3) is 2.76. The number of fused-ring (bicyclic) bond motifs is 1. The number of nitrogens with zero attached hydrogens (tertiary/aromatic N) is 3. The van der Waals surface area contributed by atoms with Crippen molar-refractivity contribution in [2.24, 2.45) is 0 Å². The number of hydrogen-bond donors (Lipinski definition) is 1. The highest BCUT2D eigenvalue weighted by atomic mass is 16.2. The number of carbonyl (C=O) groups excluding carboxylic acids is 2. The molecule has 6 nitrogen and oxygen atoms in total. The van der Waals surface area contributed by atoms with Crippen LogP contribution in [0.5, 0.6) is 0 Å². The second kappa shape index (κ2) is 6.05. The van der Waals surface area contributed by atoms with Crippen molar-refractivity contribution in [2.45, 2.75) is 6.92 Å². The van der Waals surface area contributed by atoms with Gasteiger partial charge in [0.05, 0.1) is 17.6 Å². The average Bonchev–Trinajstić information content (AvgIpc) is 2.96. The van der Waals surface area contributed by atoms with Gasteiger partial charge in [-0.25, -0.2) is 4.98 Å². The van der Waals surface area contributed by atoms with Crippen molar-refractivity contribution < 1.29 is 9.59 Å². The molecule has 2 heterocycles. The van der Waals surface area contributed by atoms with Crippen LogP contribution >= 0.6 is 0 Å². The second-order valence-electron chi connectivity index (χ2n) is 6.11. The third-order valence-electron chi connectivity index (χ3n) is 4.41. The molecule has 6 heteroatoms. The fourth-order valence-electron chi connectivity index (χ4n) is 3.23. The zero-order chi connectivity index (χ0) is 17.4. The Morgan fingerprint density at radius 2 is 1.96 bits per heavy atom. The van der Waals surface area contributed by atoms with Crippen LogP contribution in [-0.4, -0.2) is 45.9 Å². The maximum atomic E-state index is 12.7. The molecule has 0 bridgehead atoms. The molecule has 1 aliphatic heterocycles. The molecule has 1 fully saturated rings. The van der Waals surface area contributed by atoms with Crippen molar-refractivity contribution >= 4 is 22.8 Å². The number of benzene rings is 2. The SMILES string of the molecule is Cc1nc2cc(C(=O)N3CCNC(=O)C3)ccc2n1-c1ccccc1. The number of hydrogen-bond acceptors (Lipinski definition) is 3. The zero-order valence-electron chi connectivity index (χ0n) is 13.9. The van der Waals surface area contributed by atoms with E-state index in [4.69, 9.17) is 0 Å². The molecule has 0 spiro atoms. The van der Waals surface area contributed by atoms with Gasteiger partial charge in [-0.15, -0.1) is 0 Å². The minimum Gasteiger partial charge on any atom is -0.353 e. The van der Waals surface area contributed by atoms with Crippen LogP contribution in [0.1, 0.15) is 16.2 Å². The van der Waals surface area contributed by atoms with Crippen LogP contribution in [0.15, 0.2) is 48.5 Å². The number of piperazine rings is 1. The minimum atomic E-state index is -0.135. The van der Waals surface area contributed by atoms with Crippen molar-refractivity contribution in [3.8, 4) is 5.69 Å². The van der Waals surface area contributed by atoms with Gasteiger partial charge >= 0.3 is 0 Å². The quantitative estimate of drug-likeness (QED) is 0.778. The van der Waals surface area contributed by atoms with E-state index in [0.717, 1.165) is 22.5 Å². The molecular formula is C19H18N4O2. The van der Waals surface area contributed by atoms with Crippen molar-refractivity contribution in [1.82, 2.24) is 19.8 Å². The molecule has 2 amide bonds. The van der Waals surface area contributed by atoms with Gasteiger partial charge in [0.15, 0.2) is 0 Å². The van der Waals surface area contributed by atoms with Crippen LogP contribution in [0.4, 0.5) is 0 Å². The first-order chi connectivity index (χ1) is 12.1. The summed E-state index contributed by atoms with van der Waals surface area (Å²) in [6, 6.07) is 15.5. The Morgan fingerprint density at radius 3 is 2.72 bits per heavy atom. The van der Waals surface area contributed by atoms with E-state index in [9.17, 15) is 9.59 Å². The van der Waals surface area contributed by atoms with E-state index in [0.29, 0.717) is 18.7 Å². The lowest BCUT2D eigenvalue weighted by Crippen LogP contribution is -2.49. The van der Waals surface area contributed by atoms with E-state index < -0.39 is 0 Å². The molecule has 1 N–H and O–H groups in total. The van der Waals surface area contributed by atoms with Gasteiger partial charge in [0, 0.05) is 24.3 Å². The molecule has 0 radical (unpaired) electrons. The van der Waals surface area contributed by atoms with Crippen LogP contribution < -0.4 is 5.32 Å². The van der Waals surface area contributed by atoms with Gasteiger partial charge in [-0.1, -0.05) is 18.2 Å². The lowest BCUT2D eigenvalue weighted by atomic mass is 10.1. The maximum Gasteiger partial charge on any atom is 0.254 e. The molecule has 1 saturated heterocycles. The molecule has 3 aromatic rings. The Kier molecular flexibility index (Phi) is 3.72. The number of amides is 2. The number of rotatable bonds is 2. The molecule has 2 aromatic carbocycles. The van der Waals surface area contributed by atoms with Crippen molar-refractivity contribution in [2.75, 3.05) is 19.6 Å². The molecule has 126 valence electrons. The maximum absolute atomic E-state index is 12.7. The summed E-state index contributed by atoms with van der Waals surface area (Å²) in [6.45, 7) is 3.08. The predicted molar refractivity (Wildman–Crippen MR) is 94.7 cm³/mol. The van der Waals surface area contributed by atoms with Crippen LogP contribution in [0.25, 0.3) is 16.7 Å². The van der Waals surface area contributed by atoms with Gasteiger partial charge in [-0.2, -0.15) is 0 Å². The summed E-state index contributed by atoms with van der Waals surface area (Å²) in [5, 5.41) is 2.73. The largest absolute Gasteiger partial charge is 0.353 e. The molecule has 0 aliphatic carbocycles. The van der Waals surface area contributed by atoms with Crippen molar-refractivity contribution in [1.29, 1.82) is 0 Å². The molecule has 1 aliphatic rings. The lowest BCUT2D eigenvalue weighted by Gasteiger charge is -2.26. The van der Waals surface area contributed by atoms with Gasteiger partial charge in [0.2, 0.25) is 5.91 Å². The first-order valence-electron chi connectivity index (χ1n) is 8.24. The lowest BCUT2D eigenvalue weighted by molar-refractivity contribution is -0.123. The summed E-state index contributed by atoms with van der Waals surface area (Å²) in [5.74, 6) is 0.608. The summed E-state index contributed by atoms with van der Waals surface area (Å²) in [4.78, 5) is 30.3. The zero-order valence-corrected chi connectivity index (χ0v) is 13.9. The Labute approximate surface area is 145 Å². The monoisotopic (exact) mass is 334 g/mol. The van der Waals surface area contributed by atoms with Crippen molar-refractivity contribution in [3.63, 3.8) is 0 Å². The van der Waals surface area contributed by atoms with Crippen LogP contribution in [0.2, 0.25) is 0 Å². The normalized spacial score (nSPS) is 14.6. The summed E-state index contributed by atoms with van der Waals surface area (Å²) in [6.07, 6.45) is 0.